The van der Waals surface area contributed by atoms with E-state index in [0.717, 1.165) is 0 Å². The summed E-state index contributed by atoms with van der Waals surface area (Å²) in [6.07, 6.45) is 0. The highest BCUT2D eigenvalue weighted by molar-refractivity contribution is 5.90. The molecule has 0 aliphatic rings. The second kappa shape index (κ2) is 3.15. The summed E-state index contributed by atoms with van der Waals surface area (Å²) in [6, 6.07) is 1.59. The van der Waals surface area contributed by atoms with Gasteiger partial charge >= 0.3 is 0 Å². The monoisotopic (exact) mass is 195 g/mol. The number of aliphatic hydroxyl groups is 1. The van der Waals surface area contributed by atoms with Gasteiger partial charge < -0.3 is 20.1 Å². The Labute approximate surface area is 79.3 Å². The van der Waals surface area contributed by atoms with E-state index in [4.69, 9.17) is 20.1 Å². The Morgan fingerprint density at radius 2 is 2.43 bits per heavy atom. The lowest BCUT2D eigenvalue weighted by Gasteiger charge is -2.02. The number of fused-ring (bicyclic) bond motifs is 1. The second-order valence-corrected chi connectivity index (χ2v) is 2.72. The van der Waals surface area contributed by atoms with Crippen molar-refractivity contribution in [1.82, 2.24) is 10.1 Å². The Balaban J connectivity index is 2.76. The van der Waals surface area contributed by atoms with Crippen molar-refractivity contribution in [2.75, 3.05) is 12.8 Å². The minimum Gasteiger partial charge on any atom is -0.496 e. The maximum atomic E-state index is 8.91. The molecule has 0 amide bonds. The lowest BCUT2D eigenvalue weighted by molar-refractivity contribution is 0.275. The van der Waals surface area contributed by atoms with Gasteiger partial charge in [0.15, 0.2) is 5.82 Å². The molecule has 0 atom stereocenters. The summed E-state index contributed by atoms with van der Waals surface area (Å²) < 4.78 is 9.93. The van der Waals surface area contributed by atoms with Gasteiger partial charge in [0.1, 0.15) is 11.1 Å². The summed E-state index contributed by atoms with van der Waals surface area (Å²) in [5, 5.41) is 13.0. The average Bonchev–Trinajstić information content (AvgIpc) is 2.59. The molecule has 2 heterocycles. The lowest BCUT2D eigenvalue weighted by Crippen LogP contribution is -1.94. The number of nitrogen functional groups attached to an aromatic ring is 1. The molecule has 0 saturated heterocycles. The van der Waals surface area contributed by atoms with E-state index in [9.17, 15) is 0 Å². The van der Waals surface area contributed by atoms with E-state index in [1.54, 1.807) is 6.07 Å². The number of anilines is 1. The van der Waals surface area contributed by atoms with Crippen LogP contribution in [-0.2, 0) is 6.61 Å². The highest BCUT2D eigenvalue weighted by Crippen LogP contribution is 2.29. The molecule has 0 spiro atoms. The van der Waals surface area contributed by atoms with Gasteiger partial charge in [-0.05, 0) is 0 Å². The van der Waals surface area contributed by atoms with Crippen molar-refractivity contribution in [1.29, 1.82) is 0 Å². The molecule has 0 aromatic carbocycles. The van der Waals surface area contributed by atoms with Crippen molar-refractivity contribution in [3.8, 4) is 5.75 Å². The van der Waals surface area contributed by atoms with E-state index in [1.165, 1.54) is 7.11 Å². The molecule has 6 heteroatoms. The molecule has 0 aliphatic heterocycles. The zero-order valence-corrected chi connectivity index (χ0v) is 7.52. The first-order valence-electron chi connectivity index (χ1n) is 3.96. The van der Waals surface area contributed by atoms with Crippen LogP contribution in [0.5, 0.6) is 5.75 Å². The summed E-state index contributed by atoms with van der Waals surface area (Å²) in [6.45, 7) is -0.188. The Kier molecular flexibility index (Phi) is 1.97. The van der Waals surface area contributed by atoms with Crippen LogP contribution in [0.1, 0.15) is 5.69 Å². The summed E-state index contributed by atoms with van der Waals surface area (Å²) in [4.78, 5) is 3.98. The molecule has 0 unspecified atom stereocenters. The van der Waals surface area contributed by atoms with E-state index in [-0.39, 0.29) is 18.1 Å². The van der Waals surface area contributed by atoms with Gasteiger partial charge in [-0.1, -0.05) is 5.16 Å². The minimum absolute atomic E-state index is 0.188. The van der Waals surface area contributed by atoms with Gasteiger partial charge in [-0.3, -0.25) is 0 Å². The Bertz CT molecular complexity index is 466. The highest BCUT2D eigenvalue weighted by atomic mass is 16.5. The number of hydrogen-bond acceptors (Lipinski definition) is 6. The largest absolute Gasteiger partial charge is 0.496 e. The molecule has 6 nitrogen and oxygen atoms in total. The fourth-order valence-electron chi connectivity index (χ4n) is 1.23. The summed E-state index contributed by atoms with van der Waals surface area (Å²) in [5.41, 5.74) is 6.28. The molecule has 14 heavy (non-hydrogen) atoms. The van der Waals surface area contributed by atoms with Crippen molar-refractivity contribution in [3.63, 3.8) is 0 Å². The SMILES string of the molecule is COc1cc(CO)nc2onc(N)c12. The molecule has 0 aliphatic carbocycles. The van der Waals surface area contributed by atoms with E-state index in [0.29, 0.717) is 16.8 Å². The number of ether oxygens (including phenoxy) is 1. The normalized spacial score (nSPS) is 10.7. The molecular weight excluding hydrogens is 186 g/mol. The fraction of sp³-hybridized carbons (Fsp3) is 0.250. The molecule has 0 saturated carbocycles. The molecule has 3 N–H and O–H groups in total. The third-order valence-electron chi connectivity index (χ3n) is 1.87. The van der Waals surface area contributed by atoms with Crippen molar-refractivity contribution >= 4 is 16.9 Å². The molecule has 74 valence electrons. The van der Waals surface area contributed by atoms with Crippen LogP contribution in [0.4, 0.5) is 5.82 Å². The molecule has 2 aromatic heterocycles. The van der Waals surface area contributed by atoms with Crippen LogP contribution in [-0.4, -0.2) is 22.4 Å². The number of aliphatic hydroxyl groups excluding tert-OH is 1. The maximum absolute atomic E-state index is 8.91. The quantitative estimate of drug-likeness (QED) is 0.715. The lowest BCUT2D eigenvalue weighted by atomic mass is 10.2. The predicted octanol–water partition coefficient (Wildman–Crippen LogP) is 0.306. The molecule has 0 radical (unpaired) electrons. The van der Waals surface area contributed by atoms with Crippen LogP contribution < -0.4 is 10.5 Å². The minimum atomic E-state index is -0.188. The zero-order chi connectivity index (χ0) is 10.1. The zero-order valence-electron chi connectivity index (χ0n) is 7.52. The third kappa shape index (κ3) is 1.16. The molecular formula is C8H9N3O3. The first-order chi connectivity index (χ1) is 6.76. The van der Waals surface area contributed by atoms with Gasteiger partial charge in [0.25, 0.3) is 5.71 Å². The van der Waals surface area contributed by atoms with Crippen LogP contribution in [0.15, 0.2) is 10.6 Å². The van der Waals surface area contributed by atoms with Crippen molar-refractivity contribution < 1.29 is 14.4 Å². The van der Waals surface area contributed by atoms with Gasteiger partial charge in [-0.2, -0.15) is 0 Å². The summed E-state index contributed by atoms with van der Waals surface area (Å²) in [7, 11) is 1.50. The maximum Gasteiger partial charge on any atom is 0.264 e. The van der Waals surface area contributed by atoms with Gasteiger partial charge in [0.2, 0.25) is 0 Å². The number of pyridine rings is 1. The Hall–Kier alpha value is -1.82. The van der Waals surface area contributed by atoms with Gasteiger partial charge in [0, 0.05) is 6.07 Å². The number of aromatic nitrogens is 2. The average molecular weight is 195 g/mol. The summed E-state index contributed by atoms with van der Waals surface area (Å²) in [5.74, 6) is 0.728. The van der Waals surface area contributed by atoms with Crippen LogP contribution in [0.2, 0.25) is 0 Å². The Morgan fingerprint density at radius 1 is 1.64 bits per heavy atom. The van der Waals surface area contributed by atoms with Gasteiger partial charge in [-0.25, -0.2) is 4.98 Å². The topological polar surface area (TPSA) is 94.4 Å². The first-order valence-corrected chi connectivity index (χ1v) is 3.96. The van der Waals surface area contributed by atoms with E-state index >= 15 is 0 Å². The molecule has 2 rings (SSSR count). The van der Waals surface area contributed by atoms with Crippen molar-refractivity contribution in [2.45, 2.75) is 6.61 Å². The van der Waals surface area contributed by atoms with Crippen molar-refractivity contribution in [2.24, 2.45) is 0 Å². The smallest absolute Gasteiger partial charge is 0.264 e. The number of hydrogen-bond donors (Lipinski definition) is 2. The number of rotatable bonds is 2. The Morgan fingerprint density at radius 3 is 3.07 bits per heavy atom. The van der Waals surface area contributed by atoms with E-state index < -0.39 is 0 Å². The number of methoxy groups -OCH3 is 1. The number of nitrogens with two attached hydrogens (primary N) is 1. The first kappa shape index (κ1) is 8.76. The standard InChI is InChI=1S/C8H9N3O3/c1-13-5-2-4(3-12)10-8-6(5)7(9)11-14-8/h2,12H,3H2,1H3,(H2,9,11). The van der Waals surface area contributed by atoms with Crippen molar-refractivity contribution in [3.05, 3.63) is 11.8 Å². The molecule has 0 bridgehead atoms. The molecule has 2 aromatic rings. The summed E-state index contributed by atoms with van der Waals surface area (Å²) >= 11 is 0. The fourth-order valence-corrected chi connectivity index (χ4v) is 1.23. The third-order valence-corrected chi connectivity index (χ3v) is 1.87. The van der Waals surface area contributed by atoms with Gasteiger partial charge in [-0.15, -0.1) is 0 Å². The second-order valence-electron chi connectivity index (χ2n) is 2.72. The van der Waals surface area contributed by atoms with Gasteiger partial charge in [0.05, 0.1) is 19.4 Å². The van der Waals surface area contributed by atoms with Crippen LogP contribution >= 0.6 is 0 Å². The molecule has 0 fully saturated rings. The predicted molar refractivity (Wildman–Crippen MR) is 48.7 cm³/mol. The van der Waals surface area contributed by atoms with Crippen LogP contribution in [0.25, 0.3) is 11.1 Å². The van der Waals surface area contributed by atoms with E-state index in [2.05, 4.69) is 10.1 Å². The van der Waals surface area contributed by atoms with E-state index in [1.807, 2.05) is 0 Å². The van der Waals surface area contributed by atoms with Crippen LogP contribution in [0.3, 0.4) is 0 Å². The van der Waals surface area contributed by atoms with Crippen LogP contribution in [0, 0.1) is 0 Å². The number of nitrogens with zero attached hydrogens (tertiary/aromatic N) is 2. The highest BCUT2D eigenvalue weighted by Gasteiger charge is 2.13.